The van der Waals surface area contributed by atoms with E-state index in [-0.39, 0.29) is 11.6 Å². The first-order valence-corrected chi connectivity index (χ1v) is 6.50. The van der Waals surface area contributed by atoms with Gasteiger partial charge in [0.25, 0.3) is 5.91 Å². The van der Waals surface area contributed by atoms with Crippen molar-refractivity contribution in [1.29, 1.82) is 0 Å². The van der Waals surface area contributed by atoms with Crippen molar-refractivity contribution in [2.45, 2.75) is 0 Å². The van der Waals surface area contributed by atoms with Gasteiger partial charge in [-0.15, -0.1) is 0 Å². The lowest BCUT2D eigenvalue weighted by molar-refractivity contribution is -0.115. The van der Waals surface area contributed by atoms with Crippen LogP contribution in [0.1, 0.15) is 11.3 Å². The van der Waals surface area contributed by atoms with Gasteiger partial charge in [0.2, 0.25) is 0 Å². The Balaban J connectivity index is 1.98. The number of furan rings is 1. The highest BCUT2D eigenvalue weighted by atomic mass is 35.5. The van der Waals surface area contributed by atoms with E-state index in [1.165, 1.54) is 6.26 Å². The van der Waals surface area contributed by atoms with E-state index < -0.39 is 0 Å². The zero-order valence-electron chi connectivity index (χ0n) is 10.1. The molecule has 4 nitrogen and oxygen atoms in total. The van der Waals surface area contributed by atoms with Crippen molar-refractivity contribution in [1.82, 2.24) is 5.32 Å². The number of carbonyl (C=O) groups excluding carboxylic acids is 1. The van der Waals surface area contributed by atoms with Crippen LogP contribution < -0.4 is 5.32 Å². The number of rotatable bonds is 2. The fraction of sp³-hybridized carbons (Fsp3) is 0. The van der Waals surface area contributed by atoms with Crippen LogP contribution in [0.25, 0.3) is 6.08 Å². The van der Waals surface area contributed by atoms with Crippen LogP contribution >= 0.6 is 23.2 Å². The Bertz CT molecular complexity index is 734. The number of benzene rings is 1. The number of hydrogen-bond donors (Lipinski definition) is 1. The van der Waals surface area contributed by atoms with Crippen LogP contribution in [0, 0.1) is 0 Å². The minimum atomic E-state index is -0.303. The summed E-state index contributed by atoms with van der Waals surface area (Å²) in [5, 5.41) is 3.62. The number of aliphatic imine (C=N–C) groups is 1. The smallest absolute Gasteiger partial charge is 0.275 e. The molecule has 0 radical (unpaired) electrons. The molecule has 0 atom stereocenters. The Labute approximate surface area is 124 Å². The molecule has 1 N–H and O–H groups in total. The molecule has 1 amide bonds. The molecule has 0 bridgehead atoms. The number of carbonyl (C=O) groups is 1. The molecule has 3 rings (SSSR count). The largest absolute Gasteiger partial charge is 0.465 e. The van der Waals surface area contributed by atoms with Crippen LogP contribution in [0.2, 0.25) is 10.0 Å². The standard InChI is InChI=1S/C14H8Cl2N2O2/c15-8-3-4-10(11(16)6-8)13-17-12(14(19)18-13)7-9-2-1-5-20-9/h1-7H,(H,17,18,19)/b12-7+. The van der Waals surface area contributed by atoms with E-state index in [0.29, 0.717) is 27.2 Å². The summed E-state index contributed by atoms with van der Waals surface area (Å²) in [4.78, 5) is 16.1. The number of nitrogens with one attached hydrogen (secondary N) is 1. The van der Waals surface area contributed by atoms with Crippen molar-refractivity contribution in [2.24, 2.45) is 4.99 Å². The van der Waals surface area contributed by atoms with Gasteiger partial charge >= 0.3 is 0 Å². The van der Waals surface area contributed by atoms with E-state index in [2.05, 4.69) is 10.3 Å². The summed E-state index contributed by atoms with van der Waals surface area (Å²) in [7, 11) is 0. The van der Waals surface area contributed by atoms with Gasteiger partial charge in [-0.3, -0.25) is 4.79 Å². The van der Waals surface area contributed by atoms with Gasteiger partial charge in [0.1, 0.15) is 17.3 Å². The van der Waals surface area contributed by atoms with Crippen LogP contribution in [0.3, 0.4) is 0 Å². The Morgan fingerprint density at radius 3 is 2.80 bits per heavy atom. The summed E-state index contributed by atoms with van der Waals surface area (Å²) in [6, 6.07) is 8.47. The maximum absolute atomic E-state index is 11.9. The van der Waals surface area contributed by atoms with Crippen molar-refractivity contribution in [3.8, 4) is 0 Å². The molecule has 0 aliphatic carbocycles. The summed E-state index contributed by atoms with van der Waals surface area (Å²) in [5.74, 6) is 0.652. The van der Waals surface area contributed by atoms with Gasteiger partial charge in [0, 0.05) is 16.7 Å². The van der Waals surface area contributed by atoms with Crippen LogP contribution in [0.15, 0.2) is 51.7 Å². The zero-order chi connectivity index (χ0) is 14.1. The van der Waals surface area contributed by atoms with Gasteiger partial charge in [-0.2, -0.15) is 0 Å². The second-order valence-corrected chi connectivity index (χ2v) is 4.93. The second-order valence-electron chi connectivity index (χ2n) is 4.08. The van der Waals surface area contributed by atoms with Crippen LogP contribution in [0.5, 0.6) is 0 Å². The first kappa shape index (κ1) is 13.0. The molecule has 0 unspecified atom stereocenters. The lowest BCUT2D eigenvalue weighted by Crippen LogP contribution is -2.24. The Kier molecular flexibility index (Phi) is 3.34. The predicted molar refractivity (Wildman–Crippen MR) is 77.8 cm³/mol. The van der Waals surface area contributed by atoms with E-state index >= 15 is 0 Å². The first-order chi connectivity index (χ1) is 9.63. The highest BCUT2D eigenvalue weighted by molar-refractivity contribution is 6.37. The summed E-state index contributed by atoms with van der Waals surface area (Å²) in [5.41, 5.74) is 0.883. The quantitative estimate of drug-likeness (QED) is 0.863. The van der Waals surface area contributed by atoms with Crippen LogP contribution in [-0.2, 0) is 4.79 Å². The summed E-state index contributed by atoms with van der Waals surface area (Å²) >= 11 is 11.9. The molecule has 0 saturated heterocycles. The van der Waals surface area contributed by atoms with Crippen molar-refractivity contribution < 1.29 is 9.21 Å². The van der Waals surface area contributed by atoms with E-state index in [0.717, 1.165) is 0 Å². The third kappa shape index (κ3) is 2.48. The van der Waals surface area contributed by atoms with Gasteiger partial charge in [-0.05, 0) is 30.3 Å². The van der Waals surface area contributed by atoms with Crippen molar-refractivity contribution >= 4 is 41.0 Å². The molecule has 20 heavy (non-hydrogen) atoms. The molecule has 1 aromatic heterocycles. The fourth-order valence-corrected chi connectivity index (χ4v) is 2.28. The Morgan fingerprint density at radius 1 is 1.25 bits per heavy atom. The first-order valence-electron chi connectivity index (χ1n) is 5.74. The lowest BCUT2D eigenvalue weighted by atomic mass is 10.2. The van der Waals surface area contributed by atoms with Crippen LogP contribution in [-0.4, -0.2) is 11.7 Å². The molecule has 0 fully saturated rings. The van der Waals surface area contributed by atoms with E-state index in [1.54, 1.807) is 36.4 Å². The number of hydrogen-bond acceptors (Lipinski definition) is 3. The number of amides is 1. The molecule has 1 aliphatic rings. The maximum Gasteiger partial charge on any atom is 0.275 e. The minimum Gasteiger partial charge on any atom is -0.465 e. The number of nitrogens with zero attached hydrogens (tertiary/aromatic N) is 1. The number of amidine groups is 1. The molecule has 0 spiro atoms. The van der Waals surface area contributed by atoms with Gasteiger partial charge in [0.15, 0.2) is 0 Å². The van der Waals surface area contributed by atoms with Crippen molar-refractivity contribution in [2.75, 3.05) is 0 Å². The van der Waals surface area contributed by atoms with Crippen molar-refractivity contribution in [3.63, 3.8) is 0 Å². The third-order valence-electron chi connectivity index (χ3n) is 2.71. The molecular weight excluding hydrogens is 299 g/mol. The maximum atomic E-state index is 11.9. The van der Waals surface area contributed by atoms with E-state index in [4.69, 9.17) is 27.6 Å². The molecule has 1 aromatic carbocycles. The fourth-order valence-electron chi connectivity index (χ4n) is 1.79. The molecule has 100 valence electrons. The molecule has 2 heterocycles. The topological polar surface area (TPSA) is 54.6 Å². The van der Waals surface area contributed by atoms with E-state index in [1.807, 2.05) is 0 Å². The third-order valence-corrected chi connectivity index (χ3v) is 3.25. The monoisotopic (exact) mass is 306 g/mol. The SMILES string of the molecule is O=C1NC(c2ccc(Cl)cc2Cl)=N/C1=C/c1ccco1. The minimum absolute atomic E-state index is 0.265. The molecule has 1 aliphatic heterocycles. The average Bonchev–Trinajstić information content (AvgIpc) is 3.01. The summed E-state index contributed by atoms with van der Waals surface area (Å²) in [6.07, 6.45) is 3.09. The Hall–Kier alpha value is -2.04. The summed E-state index contributed by atoms with van der Waals surface area (Å²) < 4.78 is 5.16. The number of halogens is 2. The van der Waals surface area contributed by atoms with Crippen LogP contribution in [0.4, 0.5) is 0 Å². The molecule has 6 heteroatoms. The predicted octanol–water partition coefficient (Wildman–Crippen LogP) is 3.50. The molecule has 2 aromatic rings. The highest BCUT2D eigenvalue weighted by Crippen LogP contribution is 2.23. The zero-order valence-corrected chi connectivity index (χ0v) is 11.6. The van der Waals surface area contributed by atoms with Gasteiger partial charge in [-0.1, -0.05) is 23.2 Å². The summed E-state index contributed by atoms with van der Waals surface area (Å²) in [6.45, 7) is 0. The average molecular weight is 307 g/mol. The van der Waals surface area contributed by atoms with Crippen molar-refractivity contribution in [3.05, 3.63) is 63.7 Å². The highest BCUT2D eigenvalue weighted by Gasteiger charge is 2.23. The lowest BCUT2D eigenvalue weighted by Gasteiger charge is -2.03. The molecule has 0 saturated carbocycles. The van der Waals surface area contributed by atoms with Gasteiger partial charge in [-0.25, -0.2) is 4.99 Å². The van der Waals surface area contributed by atoms with Gasteiger partial charge < -0.3 is 9.73 Å². The van der Waals surface area contributed by atoms with E-state index in [9.17, 15) is 4.79 Å². The second kappa shape index (κ2) is 5.15. The molecular formula is C14H8Cl2N2O2. The Morgan fingerprint density at radius 2 is 2.10 bits per heavy atom. The normalized spacial score (nSPS) is 16.4. The van der Waals surface area contributed by atoms with Gasteiger partial charge in [0.05, 0.1) is 11.3 Å².